The minimum atomic E-state index is -1.00. The largest absolute Gasteiger partial charge is 0.444 e. The van der Waals surface area contributed by atoms with E-state index in [-0.39, 0.29) is 5.91 Å². The molecule has 0 radical (unpaired) electrons. The standard InChI is InChI=1S/C21H20N4O4/c26-20(24-10-12-28-13-11-24)19(16-4-2-1-3-5-16)29-21(27)17-6-8-18(9-7-17)25-15-22-14-23-25/h1-9,14-15,19H,10-13H2/t19-/m1/s1. The number of carbonyl (C=O) groups is 2. The molecule has 0 unspecified atom stereocenters. The molecule has 29 heavy (non-hydrogen) atoms. The molecular weight excluding hydrogens is 372 g/mol. The van der Waals surface area contributed by atoms with Gasteiger partial charge in [-0.3, -0.25) is 4.79 Å². The molecule has 1 saturated heterocycles. The molecule has 8 nitrogen and oxygen atoms in total. The summed E-state index contributed by atoms with van der Waals surface area (Å²) in [6, 6.07) is 15.8. The molecular formula is C21H20N4O4. The molecule has 1 aliphatic heterocycles. The zero-order valence-corrected chi connectivity index (χ0v) is 15.7. The molecule has 1 atom stereocenters. The van der Waals surface area contributed by atoms with Crippen LogP contribution in [0.1, 0.15) is 22.0 Å². The molecule has 1 amide bonds. The summed E-state index contributed by atoms with van der Waals surface area (Å²) >= 11 is 0. The maximum Gasteiger partial charge on any atom is 0.339 e. The van der Waals surface area contributed by atoms with E-state index in [4.69, 9.17) is 9.47 Å². The van der Waals surface area contributed by atoms with Crippen molar-refractivity contribution in [2.45, 2.75) is 6.10 Å². The summed E-state index contributed by atoms with van der Waals surface area (Å²) in [5.41, 5.74) is 1.75. The molecule has 1 fully saturated rings. The summed E-state index contributed by atoms with van der Waals surface area (Å²) in [7, 11) is 0. The number of morpholine rings is 1. The average Bonchev–Trinajstić information content (AvgIpc) is 3.33. The van der Waals surface area contributed by atoms with Crippen molar-refractivity contribution in [2.75, 3.05) is 26.3 Å². The highest BCUT2D eigenvalue weighted by molar-refractivity contribution is 5.93. The first kappa shape index (κ1) is 18.8. The Morgan fingerprint density at radius 1 is 1.00 bits per heavy atom. The summed E-state index contributed by atoms with van der Waals surface area (Å²) in [4.78, 5) is 31.4. The normalized spacial score (nSPS) is 15.0. The first-order valence-corrected chi connectivity index (χ1v) is 9.30. The third kappa shape index (κ3) is 4.33. The van der Waals surface area contributed by atoms with E-state index in [1.807, 2.05) is 18.2 Å². The maximum atomic E-state index is 13.0. The lowest BCUT2D eigenvalue weighted by Gasteiger charge is -2.30. The molecule has 8 heteroatoms. The minimum Gasteiger partial charge on any atom is -0.444 e. The van der Waals surface area contributed by atoms with Crippen LogP contribution in [0.25, 0.3) is 5.69 Å². The number of esters is 1. The molecule has 0 spiro atoms. The molecule has 1 aromatic heterocycles. The maximum absolute atomic E-state index is 13.0. The van der Waals surface area contributed by atoms with Crippen LogP contribution in [0.15, 0.2) is 67.3 Å². The van der Waals surface area contributed by atoms with Gasteiger partial charge in [0.2, 0.25) is 6.10 Å². The number of amides is 1. The topological polar surface area (TPSA) is 86.5 Å². The van der Waals surface area contributed by atoms with Crippen molar-refractivity contribution < 1.29 is 19.1 Å². The lowest BCUT2D eigenvalue weighted by atomic mass is 10.1. The Labute approximate surface area is 167 Å². The van der Waals surface area contributed by atoms with Gasteiger partial charge in [-0.2, -0.15) is 5.10 Å². The highest BCUT2D eigenvalue weighted by atomic mass is 16.5. The van der Waals surface area contributed by atoms with Crippen LogP contribution in [-0.2, 0) is 14.3 Å². The second-order valence-corrected chi connectivity index (χ2v) is 6.52. The summed E-state index contributed by atoms with van der Waals surface area (Å²) in [6.45, 7) is 1.91. The highest BCUT2D eigenvalue weighted by Crippen LogP contribution is 2.23. The number of hydrogen-bond acceptors (Lipinski definition) is 6. The number of rotatable bonds is 5. The van der Waals surface area contributed by atoms with Crippen molar-refractivity contribution in [1.29, 1.82) is 0 Å². The van der Waals surface area contributed by atoms with Gasteiger partial charge >= 0.3 is 5.97 Å². The SMILES string of the molecule is O=C(O[C@@H](C(=O)N1CCOCC1)c1ccccc1)c1ccc(-n2cncn2)cc1. The van der Waals surface area contributed by atoms with Crippen molar-refractivity contribution in [3.63, 3.8) is 0 Å². The fourth-order valence-electron chi connectivity index (χ4n) is 3.11. The second-order valence-electron chi connectivity index (χ2n) is 6.52. The summed E-state index contributed by atoms with van der Waals surface area (Å²) in [6.07, 6.45) is 2.00. The van der Waals surface area contributed by atoms with E-state index in [0.717, 1.165) is 5.69 Å². The van der Waals surface area contributed by atoms with E-state index < -0.39 is 12.1 Å². The van der Waals surface area contributed by atoms with Crippen LogP contribution in [0.3, 0.4) is 0 Å². The Hall–Kier alpha value is -3.52. The van der Waals surface area contributed by atoms with Gasteiger partial charge in [-0.1, -0.05) is 30.3 Å². The van der Waals surface area contributed by atoms with E-state index in [9.17, 15) is 9.59 Å². The lowest BCUT2D eigenvalue weighted by molar-refractivity contribution is -0.145. The number of ether oxygens (including phenoxy) is 2. The lowest BCUT2D eigenvalue weighted by Crippen LogP contribution is -2.44. The first-order valence-electron chi connectivity index (χ1n) is 9.30. The van der Waals surface area contributed by atoms with Gasteiger partial charge in [0.15, 0.2) is 0 Å². The summed E-state index contributed by atoms with van der Waals surface area (Å²) in [5.74, 6) is -0.808. The molecule has 3 aromatic rings. The third-order valence-corrected chi connectivity index (χ3v) is 4.66. The Bertz CT molecular complexity index is 952. The number of benzene rings is 2. The van der Waals surface area contributed by atoms with Crippen LogP contribution in [0, 0.1) is 0 Å². The fraction of sp³-hybridized carbons (Fsp3) is 0.238. The van der Waals surface area contributed by atoms with Crippen LogP contribution in [0.4, 0.5) is 0 Å². The predicted octanol–water partition coefficient (Wildman–Crippen LogP) is 2.02. The summed E-state index contributed by atoms with van der Waals surface area (Å²) < 4.78 is 12.6. The minimum absolute atomic E-state index is 0.243. The number of hydrogen-bond donors (Lipinski definition) is 0. The van der Waals surface area contributed by atoms with Crippen LogP contribution in [0.2, 0.25) is 0 Å². The molecule has 2 heterocycles. The molecule has 0 N–H and O–H groups in total. The predicted molar refractivity (Wildman–Crippen MR) is 103 cm³/mol. The first-order chi connectivity index (χ1) is 14.2. The van der Waals surface area contributed by atoms with Gasteiger partial charge in [0.05, 0.1) is 24.5 Å². The Kier molecular flexibility index (Phi) is 5.62. The van der Waals surface area contributed by atoms with E-state index >= 15 is 0 Å². The Balaban J connectivity index is 1.53. The Morgan fingerprint density at radius 2 is 1.72 bits per heavy atom. The number of aromatic nitrogens is 3. The van der Waals surface area contributed by atoms with E-state index in [1.54, 1.807) is 52.3 Å². The molecule has 0 bridgehead atoms. The van der Waals surface area contributed by atoms with Gasteiger partial charge in [-0.05, 0) is 24.3 Å². The quantitative estimate of drug-likeness (QED) is 0.618. The van der Waals surface area contributed by atoms with Crippen molar-refractivity contribution in [3.8, 4) is 5.69 Å². The fourth-order valence-corrected chi connectivity index (χ4v) is 3.11. The zero-order valence-electron chi connectivity index (χ0n) is 15.7. The van der Waals surface area contributed by atoms with Crippen molar-refractivity contribution >= 4 is 11.9 Å². The second kappa shape index (κ2) is 8.66. The van der Waals surface area contributed by atoms with E-state index in [1.165, 1.54) is 6.33 Å². The van der Waals surface area contributed by atoms with Gasteiger partial charge < -0.3 is 14.4 Å². The van der Waals surface area contributed by atoms with Crippen molar-refractivity contribution in [2.24, 2.45) is 0 Å². The van der Waals surface area contributed by atoms with Crippen LogP contribution >= 0.6 is 0 Å². The smallest absolute Gasteiger partial charge is 0.339 e. The van der Waals surface area contributed by atoms with Gasteiger partial charge in [0.25, 0.3) is 5.91 Å². The molecule has 2 aromatic carbocycles. The average molecular weight is 392 g/mol. The van der Waals surface area contributed by atoms with Crippen LogP contribution in [-0.4, -0.2) is 57.8 Å². The third-order valence-electron chi connectivity index (χ3n) is 4.66. The van der Waals surface area contributed by atoms with Crippen molar-refractivity contribution in [1.82, 2.24) is 19.7 Å². The molecule has 0 aliphatic carbocycles. The van der Waals surface area contributed by atoms with Crippen molar-refractivity contribution in [3.05, 3.63) is 78.4 Å². The number of nitrogens with zero attached hydrogens (tertiary/aromatic N) is 4. The molecule has 4 rings (SSSR count). The van der Waals surface area contributed by atoms with E-state index in [0.29, 0.717) is 37.4 Å². The number of carbonyl (C=O) groups excluding carboxylic acids is 2. The van der Waals surface area contributed by atoms with E-state index in [2.05, 4.69) is 10.1 Å². The zero-order chi connectivity index (χ0) is 20.1. The van der Waals surface area contributed by atoms with Crippen LogP contribution in [0.5, 0.6) is 0 Å². The molecule has 148 valence electrons. The molecule has 0 saturated carbocycles. The van der Waals surface area contributed by atoms with Gasteiger partial charge in [-0.25, -0.2) is 14.5 Å². The van der Waals surface area contributed by atoms with Crippen LogP contribution < -0.4 is 0 Å². The Morgan fingerprint density at radius 3 is 2.38 bits per heavy atom. The van der Waals surface area contributed by atoms with Gasteiger partial charge in [0.1, 0.15) is 12.7 Å². The highest BCUT2D eigenvalue weighted by Gasteiger charge is 2.30. The summed E-state index contributed by atoms with van der Waals surface area (Å²) in [5, 5.41) is 4.05. The monoisotopic (exact) mass is 392 g/mol. The van der Waals surface area contributed by atoms with Gasteiger partial charge in [-0.15, -0.1) is 0 Å². The van der Waals surface area contributed by atoms with Gasteiger partial charge in [0, 0.05) is 18.7 Å². The molecule has 1 aliphatic rings.